The van der Waals surface area contributed by atoms with Crippen molar-refractivity contribution in [3.8, 4) is 17.2 Å². The Labute approximate surface area is 222 Å². The summed E-state index contributed by atoms with van der Waals surface area (Å²) >= 11 is 6.18. The van der Waals surface area contributed by atoms with E-state index < -0.39 is 22.0 Å². The SMILES string of the molecule is CC[C@H](NC(=O)[C@@H]1CN(S(=O)(=O)c2ccc(OC)cc2)c2cc(Cl)ccc2O1)c1ccc(OC)c(C)c1. The molecule has 1 aliphatic rings. The first kappa shape index (κ1) is 26.6. The zero-order valence-electron chi connectivity index (χ0n) is 21.0. The molecule has 10 heteroatoms. The number of fused-ring (bicyclic) bond motifs is 1. The van der Waals surface area contributed by atoms with Gasteiger partial charge < -0.3 is 19.5 Å². The summed E-state index contributed by atoms with van der Waals surface area (Å²) in [6, 6.07) is 16.2. The normalized spacial score (nSPS) is 15.8. The van der Waals surface area contributed by atoms with Crippen molar-refractivity contribution in [3.63, 3.8) is 0 Å². The smallest absolute Gasteiger partial charge is 0.264 e. The third-order valence-corrected chi connectivity index (χ3v) is 8.31. The van der Waals surface area contributed by atoms with Crippen LogP contribution in [0.4, 0.5) is 5.69 Å². The molecule has 3 aromatic rings. The molecule has 1 aliphatic heterocycles. The summed E-state index contributed by atoms with van der Waals surface area (Å²) in [6.07, 6.45) is -0.445. The number of ether oxygens (including phenoxy) is 3. The van der Waals surface area contributed by atoms with E-state index >= 15 is 0 Å². The highest BCUT2D eigenvalue weighted by molar-refractivity contribution is 7.92. The van der Waals surface area contributed by atoms with Gasteiger partial charge in [0, 0.05) is 5.02 Å². The molecule has 0 saturated carbocycles. The minimum Gasteiger partial charge on any atom is -0.497 e. The first-order valence-corrected chi connectivity index (χ1v) is 13.6. The van der Waals surface area contributed by atoms with Gasteiger partial charge in [0.2, 0.25) is 0 Å². The zero-order valence-corrected chi connectivity index (χ0v) is 22.6. The van der Waals surface area contributed by atoms with Gasteiger partial charge >= 0.3 is 0 Å². The Kier molecular flexibility index (Phi) is 7.85. The van der Waals surface area contributed by atoms with Crippen LogP contribution in [-0.2, 0) is 14.8 Å². The van der Waals surface area contributed by atoms with Crippen LogP contribution in [-0.4, -0.2) is 41.2 Å². The van der Waals surface area contributed by atoms with Crippen molar-refractivity contribution >= 4 is 33.2 Å². The lowest BCUT2D eigenvalue weighted by Gasteiger charge is -2.35. The monoisotopic (exact) mass is 544 g/mol. The number of carbonyl (C=O) groups excluding carboxylic acids is 1. The van der Waals surface area contributed by atoms with Gasteiger partial charge in [-0.25, -0.2) is 8.42 Å². The Balaban J connectivity index is 1.64. The molecule has 0 unspecified atom stereocenters. The van der Waals surface area contributed by atoms with Gasteiger partial charge in [-0.3, -0.25) is 9.10 Å². The van der Waals surface area contributed by atoms with Crippen LogP contribution in [0.5, 0.6) is 17.2 Å². The molecule has 3 aromatic carbocycles. The van der Waals surface area contributed by atoms with E-state index in [1.54, 1.807) is 31.4 Å². The van der Waals surface area contributed by atoms with Gasteiger partial charge in [-0.2, -0.15) is 0 Å². The number of nitrogens with zero attached hydrogens (tertiary/aromatic N) is 1. The van der Waals surface area contributed by atoms with Gasteiger partial charge in [0.15, 0.2) is 6.10 Å². The van der Waals surface area contributed by atoms with E-state index in [0.29, 0.717) is 17.2 Å². The predicted molar refractivity (Wildman–Crippen MR) is 142 cm³/mol. The van der Waals surface area contributed by atoms with Crippen molar-refractivity contribution in [1.82, 2.24) is 5.32 Å². The quantitative estimate of drug-likeness (QED) is 0.434. The van der Waals surface area contributed by atoms with Crippen LogP contribution in [0.2, 0.25) is 5.02 Å². The van der Waals surface area contributed by atoms with Gasteiger partial charge in [-0.05, 0) is 73.0 Å². The molecule has 37 heavy (non-hydrogen) atoms. The van der Waals surface area contributed by atoms with Crippen LogP contribution in [0.15, 0.2) is 65.6 Å². The molecule has 0 radical (unpaired) electrons. The fourth-order valence-electron chi connectivity index (χ4n) is 4.27. The summed E-state index contributed by atoms with van der Waals surface area (Å²) in [6.45, 7) is 3.68. The van der Waals surface area contributed by atoms with Crippen molar-refractivity contribution in [2.24, 2.45) is 0 Å². The van der Waals surface area contributed by atoms with E-state index in [9.17, 15) is 13.2 Å². The van der Waals surface area contributed by atoms with Crippen molar-refractivity contribution < 1.29 is 27.4 Å². The number of rotatable bonds is 8. The van der Waals surface area contributed by atoms with E-state index in [1.165, 1.54) is 29.6 Å². The molecule has 8 nitrogen and oxygen atoms in total. The largest absolute Gasteiger partial charge is 0.497 e. The number of hydrogen-bond acceptors (Lipinski definition) is 6. The Morgan fingerprint density at radius 1 is 1.11 bits per heavy atom. The van der Waals surface area contributed by atoms with Crippen LogP contribution in [0.3, 0.4) is 0 Å². The lowest BCUT2D eigenvalue weighted by molar-refractivity contribution is -0.128. The van der Waals surface area contributed by atoms with Crippen LogP contribution in [0.25, 0.3) is 0 Å². The third-order valence-electron chi connectivity index (χ3n) is 6.28. The van der Waals surface area contributed by atoms with Gasteiger partial charge in [-0.15, -0.1) is 0 Å². The first-order valence-electron chi connectivity index (χ1n) is 11.8. The molecule has 1 heterocycles. The number of aryl methyl sites for hydroxylation is 1. The maximum atomic E-state index is 13.7. The number of sulfonamides is 1. The Bertz CT molecular complexity index is 1390. The van der Waals surface area contributed by atoms with Crippen LogP contribution in [0.1, 0.15) is 30.5 Å². The molecule has 1 amide bonds. The molecule has 0 bridgehead atoms. The maximum absolute atomic E-state index is 13.7. The highest BCUT2D eigenvalue weighted by Gasteiger charge is 2.38. The number of amides is 1. The van der Waals surface area contributed by atoms with Crippen molar-refractivity contribution in [3.05, 3.63) is 76.8 Å². The molecular formula is C27H29ClN2O6S. The summed E-state index contributed by atoms with van der Waals surface area (Å²) in [7, 11) is -0.925. The molecule has 4 rings (SSSR count). The molecule has 0 aromatic heterocycles. The van der Waals surface area contributed by atoms with Gasteiger partial charge in [-0.1, -0.05) is 30.7 Å². The number of anilines is 1. The van der Waals surface area contributed by atoms with Crippen molar-refractivity contribution in [1.29, 1.82) is 0 Å². The number of nitrogens with one attached hydrogen (secondary N) is 1. The minimum absolute atomic E-state index is 0.0560. The van der Waals surface area contributed by atoms with E-state index in [4.69, 9.17) is 25.8 Å². The van der Waals surface area contributed by atoms with E-state index in [-0.39, 0.29) is 28.9 Å². The van der Waals surface area contributed by atoms with Crippen molar-refractivity contribution in [2.75, 3.05) is 25.1 Å². The summed E-state index contributed by atoms with van der Waals surface area (Å²) in [5, 5.41) is 3.37. The lowest BCUT2D eigenvalue weighted by Crippen LogP contribution is -2.51. The van der Waals surface area contributed by atoms with Gasteiger partial charge in [0.25, 0.3) is 15.9 Å². The Morgan fingerprint density at radius 3 is 2.46 bits per heavy atom. The summed E-state index contributed by atoms with van der Waals surface area (Å²) < 4.78 is 45.0. The average Bonchev–Trinajstić information content (AvgIpc) is 2.90. The molecule has 0 fully saturated rings. The molecule has 1 N–H and O–H groups in total. The topological polar surface area (TPSA) is 94.2 Å². The summed E-state index contributed by atoms with van der Waals surface area (Å²) in [4.78, 5) is 13.4. The Morgan fingerprint density at radius 2 is 1.84 bits per heavy atom. The van der Waals surface area contributed by atoms with Crippen molar-refractivity contribution in [2.45, 2.75) is 37.3 Å². The standard InChI is InChI=1S/C27H29ClN2O6S/c1-5-22(18-6-12-24(35-4)17(2)14-18)29-27(31)26-16-30(23-15-19(28)7-13-25(23)36-26)37(32,33)21-10-8-20(34-3)9-11-21/h6-15,22,26H,5,16H2,1-4H3,(H,29,31)/t22-,26-/m0/s1. The minimum atomic E-state index is -4.04. The van der Waals surface area contributed by atoms with Crippen LogP contribution >= 0.6 is 11.6 Å². The van der Waals surface area contributed by atoms with Crippen LogP contribution in [0, 0.1) is 6.92 Å². The number of benzene rings is 3. The average molecular weight is 545 g/mol. The lowest BCUT2D eigenvalue weighted by atomic mass is 10.0. The van der Waals surface area contributed by atoms with Gasteiger partial charge in [0.05, 0.1) is 37.4 Å². The van der Waals surface area contributed by atoms with E-state index in [0.717, 1.165) is 16.9 Å². The zero-order chi connectivity index (χ0) is 26.7. The highest BCUT2D eigenvalue weighted by Crippen LogP contribution is 2.39. The number of methoxy groups -OCH3 is 2. The van der Waals surface area contributed by atoms with E-state index in [1.807, 2.05) is 32.0 Å². The van der Waals surface area contributed by atoms with Gasteiger partial charge in [0.1, 0.15) is 17.2 Å². The number of halogens is 1. The predicted octanol–water partition coefficient (Wildman–Crippen LogP) is 4.89. The number of carbonyl (C=O) groups is 1. The molecule has 196 valence electrons. The highest BCUT2D eigenvalue weighted by atomic mass is 35.5. The first-order chi connectivity index (χ1) is 17.7. The number of hydrogen-bond donors (Lipinski definition) is 1. The molecule has 0 spiro atoms. The molecular weight excluding hydrogens is 516 g/mol. The fourth-order valence-corrected chi connectivity index (χ4v) is 5.90. The maximum Gasteiger partial charge on any atom is 0.264 e. The molecule has 0 saturated heterocycles. The fraction of sp³-hybridized carbons (Fsp3) is 0.296. The molecule has 2 atom stereocenters. The molecule has 0 aliphatic carbocycles. The summed E-state index contributed by atoms with van der Waals surface area (Å²) in [5.74, 6) is 1.12. The van der Waals surface area contributed by atoms with Crippen LogP contribution < -0.4 is 23.8 Å². The second kappa shape index (κ2) is 10.9. The van der Waals surface area contributed by atoms with E-state index in [2.05, 4.69) is 5.32 Å². The summed E-state index contributed by atoms with van der Waals surface area (Å²) in [5.41, 5.74) is 2.13. The second-order valence-corrected chi connectivity index (χ2v) is 10.9. The second-order valence-electron chi connectivity index (χ2n) is 8.63. The third kappa shape index (κ3) is 5.47. The Hall–Kier alpha value is -3.43.